The third-order valence-electron chi connectivity index (χ3n) is 5.15. The van der Waals surface area contributed by atoms with Gasteiger partial charge in [-0.3, -0.25) is 4.79 Å². The van der Waals surface area contributed by atoms with E-state index in [0.717, 1.165) is 27.6 Å². The van der Waals surface area contributed by atoms with Gasteiger partial charge in [-0.25, -0.2) is 0 Å². The zero-order chi connectivity index (χ0) is 16.5. The zero-order valence-electron chi connectivity index (χ0n) is 13.8. The molecule has 24 heavy (non-hydrogen) atoms. The van der Waals surface area contributed by atoms with Gasteiger partial charge in [-0.1, -0.05) is 30.3 Å². The number of amides is 1. The molecule has 2 bridgehead atoms. The summed E-state index contributed by atoms with van der Waals surface area (Å²) >= 11 is 1.50. The van der Waals surface area contributed by atoms with E-state index in [-0.39, 0.29) is 11.9 Å². The number of nitrogens with zero attached hydrogens (tertiary/aromatic N) is 1. The number of carbonyl (C=O) groups is 1. The highest BCUT2D eigenvalue weighted by atomic mass is 32.1. The van der Waals surface area contributed by atoms with E-state index in [1.165, 1.54) is 37.3 Å². The third-order valence-corrected chi connectivity index (χ3v) is 6.31. The predicted molar refractivity (Wildman–Crippen MR) is 96.7 cm³/mol. The van der Waals surface area contributed by atoms with Gasteiger partial charge < -0.3 is 15.0 Å². The van der Waals surface area contributed by atoms with Crippen molar-refractivity contribution in [1.29, 1.82) is 0 Å². The number of ether oxygens (including phenoxy) is 1. The van der Waals surface area contributed by atoms with Gasteiger partial charge in [0.2, 0.25) is 0 Å². The molecule has 1 aromatic heterocycles. The fourth-order valence-corrected chi connectivity index (χ4v) is 4.83. The number of thiophene rings is 1. The number of benzene rings is 1. The lowest BCUT2D eigenvalue weighted by Crippen LogP contribution is -2.57. The topological polar surface area (TPSA) is 41.6 Å². The number of nitrogens with one attached hydrogen (secondary N) is 1. The van der Waals surface area contributed by atoms with E-state index >= 15 is 0 Å². The molecule has 1 amide bonds. The average molecular weight is 342 g/mol. The largest absolute Gasteiger partial charge is 0.495 e. The number of hydrogen-bond donors (Lipinski definition) is 1. The molecule has 1 aromatic carbocycles. The minimum Gasteiger partial charge on any atom is -0.495 e. The molecule has 0 unspecified atom stereocenters. The van der Waals surface area contributed by atoms with Crippen LogP contribution >= 0.6 is 11.3 Å². The van der Waals surface area contributed by atoms with Crippen molar-refractivity contribution in [1.82, 2.24) is 10.2 Å². The summed E-state index contributed by atoms with van der Waals surface area (Å²) in [5, 5.41) is 3.26. The van der Waals surface area contributed by atoms with Crippen LogP contribution in [0.25, 0.3) is 10.4 Å². The number of piperidine rings is 3. The Balaban J connectivity index is 1.54. The maximum absolute atomic E-state index is 12.7. The lowest BCUT2D eigenvalue weighted by atomic mass is 9.84. The standard InChI is InChI=1S/C19H22N2O2S/c1-23-16-11-17(24-18(16)14-5-3-2-4-6-14)19(22)20-15-12-21-9-7-13(15)8-10-21/h2-6,11,13,15H,7-10,12H2,1H3,(H,20,22)/t15-/m0/s1. The molecule has 0 saturated carbocycles. The lowest BCUT2D eigenvalue weighted by molar-refractivity contribution is 0.0622. The Bertz CT molecular complexity index is 720. The summed E-state index contributed by atoms with van der Waals surface area (Å²) in [5.74, 6) is 1.43. The number of rotatable bonds is 4. The molecule has 1 N–H and O–H groups in total. The molecule has 4 heterocycles. The van der Waals surface area contributed by atoms with Gasteiger partial charge in [-0.15, -0.1) is 11.3 Å². The third kappa shape index (κ3) is 2.94. The molecule has 126 valence electrons. The fourth-order valence-electron chi connectivity index (χ4n) is 3.80. The van der Waals surface area contributed by atoms with Crippen LogP contribution in [0.4, 0.5) is 0 Å². The van der Waals surface area contributed by atoms with Gasteiger partial charge in [0.25, 0.3) is 5.91 Å². The molecule has 3 fully saturated rings. The van der Waals surface area contributed by atoms with Crippen molar-refractivity contribution in [3.05, 3.63) is 41.3 Å². The van der Waals surface area contributed by atoms with E-state index in [4.69, 9.17) is 4.74 Å². The van der Waals surface area contributed by atoms with Crippen LogP contribution in [-0.4, -0.2) is 43.6 Å². The Kier molecular flexibility index (Phi) is 4.29. The van der Waals surface area contributed by atoms with Gasteiger partial charge in [0.05, 0.1) is 16.9 Å². The molecule has 4 nitrogen and oxygen atoms in total. The molecule has 2 aromatic rings. The lowest BCUT2D eigenvalue weighted by Gasteiger charge is -2.44. The summed E-state index contributed by atoms with van der Waals surface area (Å²) in [6.07, 6.45) is 2.40. The smallest absolute Gasteiger partial charge is 0.261 e. The number of fused-ring (bicyclic) bond motifs is 3. The molecule has 0 radical (unpaired) electrons. The Morgan fingerprint density at radius 1 is 1.25 bits per heavy atom. The van der Waals surface area contributed by atoms with Crippen LogP contribution in [0, 0.1) is 5.92 Å². The first kappa shape index (κ1) is 15.7. The van der Waals surface area contributed by atoms with Gasteiger partial charge in [0.15, 0.2) is 0 Å². The van der Waals surface area contributed by atoms with Crippen LogP contribution in [-0.2, 0) is 0 Å². The van der Waals surface area contributed by atoms with Gasteiger partial charge >= 0.3 is 0 Å². The van der Waals surface area contributed by atoms with Gasteiger partial charge in [-0.2, -0.15) is 0 Å². The van der Waals surface area contributed by atoms with Crippen LogP contribution in [0.15, 0.2) is 36.4 Å². The molecular formula is C19H22N2O2S. The van der Waals surface area contributed by atoms with Gasteiger partial charge in [-0.05, 0) is 37.4 Å². The Hall–Kier alpha value is -1.85. The maximum atomic E-state index is 12.7. The zero-order valence-corrected chi connectivity index (χ0v) is 14.6. The molecule has 0 spiro atoms. The predicted octanol–water partition coefficient (Wildman–Crippen LogP) is 3.25. The van der Waals surface area contributed by atoms with Crippen molar-refractivity contribution in [2.45, 2.75) is 18.9 Å². The second-order valence-electron chi connectivity index (χ2n) is 6.59. The molecular weight excluding hydrogens is 320 g/mol. The fraction of sp³-hybridized carbons (Fsp3) is 0.421. The van der Waals surface area contributed by atoms with Crippen LogP contribution in [0.2, 0.25) is 0 Å². The molecule has 3 aliphatic heterocycles. The van der Waals surface area contributed by atoms with Crippen molar-refractivity contribution in [2.24, 2.45) is 5.92 Å². The molecule has 3 saturated heterocycles. The Morgan fingerprint density at radius 2 is 2.00 bits per heavy atom. The number of carbonyl (C=O) groups excluding carboxylic acids is 1. The Morgan fingerprint density at radius 3 is 2.62 bits per heavy atom. The first-order valence-electron chi connectivity index (χ1n) is 8.51. The van der Waals surface area contributed by atoms with Crippen LogP contribution in [0.1, 0.15) is 22.5 Å². The first-order valence-corrected chi connectivity index (χ1v) is 9.32. The maximum Gasteiger partial charge on any atom is 0.261 e. The van der Waals surface area contributed by atoms with Crippen LogP contribution in [0.5, 0.6) is 5.75 Å². The quantitative estimate of drug-likeness (QED) is 0.927. The summed E-state index contributed by atoms with van der Waals surface area (Å²) in [6, 6.07) is 12.2. The van der Waals surface area contributed by atoms with E-state index in [9.17, 15) is 4.79 Å². The van der Waals surface area contributed by atoms with Crippen molar-refractivity contribution < 1.29 is 9.53 Å². The van der Waals surface area contributed by atoms with Crippen LogP contribution < -0.4 is 10.1 Å². The summed E-state index contributed by atoms with van der Waals surface area (Å²) in [7, 11) is 1.66. The van der Waals surface area contributed by atoms with E-state index in [1.54, 1.807) is 7.11 Å². The molecule has 3 aliphatic rings. The van der Waals surface area contributed by atoms with Gasteiger partial charge in [0.1, 0.15) is 5.75 Å². The SMILES string of the molecule is COc1cc(C(=O)N[C@H]2CN3CCC2CC3)sc1-c1ccccc1. The summed E-state index contributed by atoms with van der Waals surface area (Å²) < 4.78 is 5.49. The Labute approximate surface area is 146 Å². The minimum absolute atomic E-state index is 0.0271. The second kappa shape index (κ2) is 6.57. The average Bonchev–Trinajstić information content (AvgIpc) is 3.08. The van der Waals surface area contributed by atoms with Crippen molar-refractivity contribution >= 4 is 17.2 Å². The minimum atomic E-state index is 0.0271. The van der Waals surface area contributed by atoms with Gasteiger partial charge in [0, 0.05) is 18.7 Å². The monoisotopic (exact) mass is 342 g/mol. The van der Waals surface area contributed by atoms with Crippen molar-refractivity contribution in [3.63, 3.8) is 0 Å². The summed E-state index contributed by atoms with van der Waals surface area (Å²) in [6.45, 7) is 3.36. The highest BCUT2D eigenvalue weighted by molar-refractivity contribution is 7.17. The van der Waals surface area contributed by atoms with E-state index < -0.39 is 0 Å². The number of hydrogen-bond acceptors (Lipinski definition) is 4. The first-order chi connectivity index (χ1) is 11.7. The highest BCUT2D eigenvalue weighted by Crippen LogP contribution is 2.38. The van der Waals surface area contributed by atoms with Crippen molar-refractivity contribution in [3.8, 4) is 16.2 Å². The molecule has 1 atom stereocenters. The van der Waals surface area contributed by atoms with E-state index in [1.807, 2.05) is 36.4 Å². The molecule has 5 heteroatoms. The highest BCUT2D eigenvalue weighted by Gasteiger charge is 2.35. The molecule has 0 aliphatic carbocycles. The second-order valence-corrected chi connectivity index (χ2v) is 7.64. The molecule has 5 rings (SSSR count). The number of methoxy groups -OCH3 is 1. The van der Waals surface area contributed by atoms with Crippen LogP contribution in [0.3, 0.4) is 0 Å². The summed E-state index contributed by atoms with van der Waals surface area (Å²) in [4.78, 5) is 16.9. The normalized spacial score (nSPS) is 25.5. The van der Waals surface area contributed by atoms with E-state index in [2.05, 4.69) is 10.2 Å². The van der Waals surface area contributed by atoms with E-state index in [0.29, 0.717) is 5.92 Å². The summed E-state index contributed by atoms with van der Waals surface area (Å²) in [5.41, 5.74) is 1.08. The van der Waals surface area contributed by atoms with Crippen molar-refractivity contribution in [2.75, 3.05) is 26.7 Å².